The van der Waals surface area contributed by atoms with Crippen molar-refractivity contribution < 1.29 is 52.3 Å². The molecule has 2 saturated heterocycles. The summed E-state index contributed by atoms with van der Waals surface area (Å²) >= 11 is 0. The van der Waals surface area contributed by atoms with E-state index < -0.39 is 69.7 Å². The van der Waals surface area contributed by atoms with Gasteiger partial charge in [-0.25, -0.2) is 9.59 Å². The Morgan fingerprint density at radius 1 is 0.948 bits per heavy atom. The highest BCUT2D eigenvalue weighted by molar-refractivity contribution is 8.72. The maximum absolute atomic E-state index is 13.9. The second-order valence-electron chi connectivity index (χ2n) is 15.1. The molecule has 0 radical (unpaired) electrons. The number of amides is 4. The van der Waals surface area contributed by atoms with Gasteiger partial charge in [-0.05, 0) is 81.5 Å². The van der Waals surface area contributed by atoms with Gasteiger partial charge in [0, 0.05) is 48.8 Å². The number of esters is 2. The number of nitrogens with zero attached hydrogens (tertiary/aromatic N) is 1. The molecule has 0 aliphatic carbocycles. The van der Waals surface area contributed by atoms with Crippen LogP contribution in [0, 0.1) is 18.3 Å². The summed E-state index contributed by atoms with van der Waals surface area (Å²) in [6.45, 7) is 6.71. The van der Waals surface area contributed by atoms with Gasteiger partial charge in [0.1, 0.15) is 28.8 Å². The molecule has 4 amide bonds. The standard InChI is InChI=1S/C41H56N4O11S2/c1-27(2)24-32(43-35(46)26-53-34-16-10-8-12-28(34)3)37(48)44-33(38(49)55-29(4)54-36(47)17-11-9-15-31-18-23-57-58(31)52)25-41(39(42)50)19-21-45(22-20-41)40(51)56-30-13-6-5-7-14-30/h5-8,10,12-14,16,27,29,31-33H,9,11,15,17-26H2,1-4H3,(H2,42,50)(H,43,46)(H,44,48)/t29?,31-,32?,33+,58?/m1/s1. The Balaban J connectivity index is 1.44. The number of hydrogen-bond donors (Lipinski definition) is 3. The van der Waals surface area contributed by atoms with Crippen LogP contribution in [0.1, 0.15) is 84.1 Å². The van der Waals surface area contributed by atoms with E-state index in [1.54, 1.807) is 42.5 Å². The van der Waals surface area contributed by atoms with Gasteiger partial charge >= 0.3 is 18.0 Å². The number of rotatable bonds is 20. The first-order valence-electron chi connectivity index (χ1n) is 19.7. The molecule has 2 aliphatic heterocycles. The first kappa shape index (κ1) is 46.2. The first-order valence-corrected chi connectivity index (χ1v) is 22.4. The summed E-state index contributed by atoms with van der Waals surface area (Å²) in [5, 5.41) is 5.51. The normalized spacial score (nSPS) is 19.0. The van der Waals surface area contributed by atoms with E-state index in [4.69, 9.17) is 24.7 Å². The van der Waals surface area contributed by atoms with Crippen LogP contribution in [-0.2, 0) is 43.7 Å². The van der Waals surface area contributed by atoms with Crippen LogP contribution in [0.3, 0.4) is 0 Å². The van der Waals surface area contributed by atoms with E-state index >= 15 is 0 Å². The van der Waals surface area contributed by atoms with Gasteiger partial charge in [0.2, 0.25) is 18.1 Å². The number of nitrogens with one attached hydrogen (secondary N) is 2. The maximum Gasteiger partial charge on any atom is 0.415 e. The molecule has 318 valence electrons. The largest absolute Gasteiger partial charge is 0.605 e. The minimum Gasteiger partial charge on any atom is -0.605 e. The van der Waals surface area contributed by atoms with Crippen molar-refractivity contribution in [2.45, 2.75) is 109 Å². The smallest absolute Gasteiger partial charge is 0.415 e. The highest BCUT2D eigenvalue weighted by Gasteiger charge is 2.46. The Labute approximate surface area is 346 Å². The third kappa shape index (κ3) is 14.4. The number of carbonyl (C=O) groups is 6. The lowest BCUT2D eigenvalue weighted by Crippen LogP contribution is -2.57. The molecule has 2 heterocycles. The number of piperidine rings is 1. The number of likely N-dealkylation sites (tertiary alicyclic amines) is 1. The summed E-state index contributed by atoms with van der Waals surface area (Å²) in [7, 11) is 0.542. The fourth-order valence-electron chi connectivity index (χ4n) is 6.83. The van der Waals surface area contributed by atoms with Gasteiger partial charge in [-0.2, -0.15) is 0 Å². The molecule has 15 nitrogen and oxygen atoms in total. The molecule has 0 spiro atoms. The maximum atomic E-state index is 13.9. The number of aryl methyl sites for hydroxylation is 1. The third-order valence-corrected chi connectivity index (χ3v) is 13.8. The Morgan fingerprint density at radius 3 is 2.28 bits per heavy atom. The molecule has 58 heavy (non-hydrogen) atoms. The predicted octanol–water partition coefficient (Wildman–Crippen LogP) is 4.71. The van der Waals surface area contributed by atoms with Gasteiger partial charge in [0.25, 0.3) is 5.91 Å². The third-order valence-electron chi connectivity index (χ3n) is 10.1. The van der Waals surface area contributed by atoms with Crippen molar-refractivity contribution in [1.82, 2.24) is 15.5 Å². The van der Waals surface area contributed by atoms with Gasteiger partial charge in [0.15, 0.2) is 6.61 Å². The van der Waals surface area contributed by atoms with Gasteiger partial charge in [-0.1, -0.05) is 50.2 Å². The van der Waals surface area contributed by atoms with E-state index in [1.165, 1.54) is 22.6 Å². The summed E-state index contributed by atoms with van der Waals surface area (Å²) in [5.74, 6) is -1.94. The molecule has 0 saturated carbocycles. The number of unbranched alkanes of at least 4 members (excludes halogenated alkanes) is 1. The highest BCUT2D eigenvalue weighted by atomic mass is 33.1. The van der Waals surface area contributed by atoms with Crippen molar-refractivity contribution in [3.8, 4) is 11.5 Å². The van der Waals surface area contributed by atoms with E-state index in [2.05, 4.69) is 10.6 Å². The molecule has 2 aromatic rings. The van der Waals surface area contributed by atoms with Gasteiger partial charge in [-0.15, -0.1) is 0 Å². The van der Waals surface area contributed by atoms with Crippen molar-refractivity contribution in [3.05, 3.63) is 60.2 Å². The van der Waals surface area contributed by atoms with Crippen molar-refractivity contribution >= 4 is 56.8 Å². The van der Waals surface area contributed by atoms with Gasteiger partial charge in [-0.3, -0.25) is 19.2 Å². The number of benzene rings is 2. The van der Waals surface area contributed by atoms with E-state index in [1.807, 2.05) is 32.9 Å². The van der Waals surface area contributed by atoms with Crippen LogP contribution in [0.5, 0.6) is 11.5 Å². The van der Waals surface area contributed by atoms with Crippen LogP contribution < -0.4 is 25.8 Å². The number of primary amides is 1. The summed E-state index contributed by atoms with van der Waals surface area (Å²) in [4.78, 5) is 81.1. The first-order chi connectivity index (χ1) is 27.7. The van der Waals surface area contributed by atoms with Crippen LogP contribution >= 0.6 is 10.8 Å². The minimum absolute atomic E-state index is 0.0476. The quantitative estimate of drug-likeness (QED) is 0.0544. The molecule has 17 heteroatoms. The van der Waals surface area contributed by atoms with E-state index in [9.17, 15) is 33.3 Å². The Bertz CT molecular complexity index is 1710. The average Bonchev–Trinajstić information content (AvgIpc) is 3.59. The molecule has 5 atom stereocenters. The zero-order valence-corrected chi connectivity index (χ0v) is 35.2. The van der Waals surface area contributed by atoms with Crippen LogP contribution in [-0.4, -0.2) is 94.3 Å². The number of carbonyl (C=O) groups excluding carboxylic acids is 6. The monoisotopic (exact) mass is 844 g/mol. The second-order valence-corrected chi connectivity index (χ2v) is 18.6. The Hall–Kier alpha value is -4.48. The molecule has 4 N–H and O–H groups in total. The molecular formula is C41H56N4O11S2. The predicted molar refractivity (Wildman–Crippen MR) is 219 cm³/mol. The number of para-hydroxylation sites is 2. The van der Waals surface area contributed by atoms with Crippen LogP contribution in [0.25, 0.3) is 0 Å². The lowest BCUT2D eigenvalue weighted by Gasteiger charge is -2.40. The number of nitrogens with two attached hydrogens (primary N) is 1. The zero-order valence-electron chi connectivity index (χ0n) is 33.6. The Morgan fingerprint density at radius 2 is 1.64 bits per heavy atom. The SMILES string of the molecule is Cc1ccccc1OCC(=O)NC(CC(C)C)C(=O)N[C@@H](CC1(C(N)=O)CCN(C(=O)Oc2ccccc2)CC1)C(=O)OC(C)OC(=O)CCCC[C@@H]1CCS[S+]1[O-]. The molecule has 2 fully saturated rings. The van der Waals surface area contributed by atoms with Crippen molar-refractivity contribution in [2.75, 3.05) is 25.4 Å². The van der Waals surface area contributed by atoms with Crippen molar-refractivity contribution in [1.29, 1.82) is 0 Å². The highest BCUT2D eigenvalue weighted by Crippen LogP contribution is 2.37. The summed E-state index contributed by atoms with van der Waals surface area (Å²) in [5.41, 5.74) is 5.45. The fraction of sp³-hybridized carbons (Fsp3) is 0.561. The summed E-state index contributed by atoms with van der Waals surface area (Å²) in [6, 6.07) is 13.1. The average molecular weight is 845 g/mol. The molecule has 4 rings (SSSR count). The summed E-state index contributed by atoms with van der Waals surface area (Å²) < 4.78 is 34.1. The minimum atomic E-state index is -1.47. The van der Waals surface area contributed by atoms with E-state index in [0.29, 0.717) is 24.3 Å². The molecule has 0 aromatic heterocycles. The lowest BCUT2D eigenvalue weighted by atomic mass is 9.73. The molecule has 2 aliphatic rings. The van der Waals surface area contributed by atoms with E-state index in [-0.39, 0.29) is 63.0 Å². The fourth-order valence-corrected chi connectivity index (χ4v) is 10.3. The summed E-state index contributed by atoms with van der Waals surface area (Å²) in [6.07, 6.45) is 0.924. The van der Waals surface area contributed by atoms with Crippen molar-refractivity contribution in [3.63, 3.8) is 0 Å². The number of hydrogen-bond acceptors (Lipinski definition) is 12. The van der Waals surface area contributed by atoms with Gasteiger partial charge < -0.3 is 44.8 Å². The van der Waals surface area contributed by atoms with Crippen LogP contribution in [0.15, 0.2) is 54.6 Å². The molecular weight excluding hydrogens is 789 g/mol. The van der Waals surface area contributed by atoms with Gasteiger partial charge in [0.05, 0.1) is 16.2 Å². The number of ether oxygens (including phenoxy) is 4. The Kier molecular flexibility index (Phi) is 18.0. The lowest BCUT2D eigenvalue weighted by molar-refractivity contribution is -0.187. The molecule has 2 aromatic carbocycles. The molecule has 3 unspecified atom stereocenters. The van der Waals surface area contributed by atoms with Crippen LogP contribution in [0.2, 0.25) is 0 Å². The van der Waals surface area contributed by atoms with Crippen molar-refractivity contribution in [2.24, 2.45) is 17.1 Å². The second kappa shape index (κ2) is 22.6. The van der Waals surface area contributed by atoms with Crippen LogP contribution in [0.4, 0.5) is 4.79 Å². The topological polar surface area (TPSA) is 216 Å². The van der Waals surface area contributed by atoms with E-state index in [0.717, 1.165) is 24.2 Å². The zero-order chi connectivity index (χ0) is 42.2. The molecule has 0 bridgehead atoms.